The Morgan fingerprint density at radius 1 is 1.14 bits per heavy atom. The van der Waals surface area contributed by atoms with Crippen LogP contribution in [0, 0.1) is 0 Å². The average molecular weight is 340 g/mol. The fraction of sp³-hybridized carbons (Fsp3) is 0.588. The van der Waals surface area contributed by atoms with Gasteiger partial charge in [-0.15, -0.1) is 0 Å². The maximum Gasteiger partial charge on any atom is 0.191 e. The van der Waals surface area contributed by atoms with Gasteiger partial charge < -0.3 is 10.6 Å². The molecule has 0 atom stereocenters. The van der Waals surface area contributed by atoms with Gasteiger partial charge in [-0.2, -0.15) is 0 Å². The number of hydrogen-bond acceptors (Lipinski definition) is 3. The summed E-state index contributed by atoms with van der Waals surface area (Å²) in [5.74, 6) is 0.932. The molecule has 0 radical (unpaired) electrons. The van der Waals surface area contributed by atoms with E-state index in [2.05, 4.69) is 21.7 Å². The molecule has 2 aliphatic rings. The van der Waals surface area contributed by atoms with Crippen LogP contribution in [0.1, 0.15) is 44.1 Å². The fourth-order valence-electron chi connectivity index (χ4n) is 3.59. The molecular formula is C17H23Cl2N3. The van der Waals surface area contributed by atoms with E-state index in [9.17, 15) is 0 Å². The number of guanidine groups is 1. The van der Waals surface area contributed by atoms with Gasteiger partial charge in [-0.3, -0.25) is 4.99 Å². The zero-order valence-corrected chi connectivity index (χ0v) is 14.3. The first-order valence-corrected chi connectivity index (χ1v) is 8.93. The van der Waals surface area contributed by atoms with Gasteiger partial charge in [0.05, 0.1) is 0 Å². The molecule has 2 N–H and O–H groups in total. The van der Waals surface area contributed by atoms with Crippen LogP contribution in [-0.2, 0) is 5.41 Å². The highest BCUT2D eigenvalue weighted by Crippen LogP contribution is 2.42. The summed E-state index contributed by atoms with van der Waals surface area (Å²) >= 11 is 12.6. The lowest BCUT2D eigenvalue weighted by molar-refractivity contribution is 0.291. The summed E-state index contributed by atoms with van der Waals surface area (Å²) < 4.78 is 0. The van der Waals surface area contributed by atoms with Crippen LogP contribution in [0.3, 0.4) is 0 Å². The summed E-state index contributed by atoms with van der Waals surface area (Å²) in [6.45, 7) is 2.78. The molecule has 1 aliphatic carbocycles. The van der Waals surface area contributed by atoms with E-state index in [1.54, 1.807) is 0 Å². The second-order valence-corrected chi connectivity index (χ2v) is 7.17. The summed E-state index contributed by atoms with van der Waals surface area (Å²) in [5.41, 5.74) is 1.31. The first kappa shape index (κ1) is 15.9. The minimum absolute atomic E-state index is 0.0849. The predicted octanol–water partition coefficient (Wildman–Crippen LogP) is 4.13. The van der Waals surface area contributed by atoms with Crippen LogP contribution in [0.25, 0.3) is 0 Å². The smallest absolute Gasteiger partial charge is 0.191 e. The normalized spacial score (nSPS) is 20.9. The van der Waals surface area contributed by atoms with E-state index in [-0.39, 0.29) is 5.41 Å². The van der Waals surface area contributed by atoms with Crippen molar-refractivity contribution >= 4 is 29.2 Å². The monoisotopic (exact) mass is 339 g/mol. The average Bonchev–Trinajstić information content (AvgIpc) is 2.55. The molecule has 3 nitrogen and oxygen atoms in total. The first-order valence-electron chi connectivity index (χ1n) is 8.17. The van der Waals surface area contributed by atoms with E-state index < -0.39 is 0 Å². The van der Waals surface area contributed by atoms with E-state index in [0.717, 1.165) is 49.9 Å². The van der Waals surface area contributed by atoms with Crippen LogP contribution in [0.15, 0.2) is 23.2 Å². The van der Waals surface area contributed by atoms with Crippen molar-refractivity contribution in [2.24, 2.45) is 4.99 Å². The van der Waals surface area contributed by atoms with Gasteiger partial charge in [0.1, 0.15) is 0 Å². The number of rotatable bonds is 3. The van der Waals surface area contributed by atoms with Gasteiger partial charge in [-0.1, -0.05) is 48.5 Å². The van der Waals surface area contributed by atoms with Crippen LogP contribution in [0.2, 0.25) is 10.0 Å². The van der Waals surface area contributed by atoms with Crippen LogP contribution in [0.4, 0.5) is 0 Å². The maximum atomic E-state index is 6.52. The molecule has 3 rings (SSSR count). The van der Waals surface area contributed by atoms with Crippen LogP contribution < -0.4 is 10.6 Å². The first-order chi connectivity index (χ1) is 10.7. The van der Waals surface area contributed by atoms with Crippen molar-refractivity contribution in [2.75, 3.05) is 19.6 Å². The van der Waals surface area contributed by atoms with Crippen molar-refractivity contribution in [3.05, 3.63) is 33.8 Å². The highest BCUT2D eigenvalue weighted by atomic mass is 35.5. The topological polar surface area (TPSA) is 36.4 Å². The Kier molecular flexibility index (Phi) is 5.14. The molecule has 1 heterocycles. The van der Waals surface area contributed by atoms with Crippen molar-refractivity contribution in [3.8, 4) is 0 Å². The molecule has 22 heavy (non-hydrogen) atoms. The Hall–Kier alpha value is -0.930. The summed E-state index contributed by atoms with van der Waals surface area (Å²) in [4.78, 5) is 4.52. The number of benzene rings is 1. The summed E-state index contributed by atoms with van der Waals surface area (Å²) in [6.07, 6.45) is 7.25. The molecule has 0 unspecified atom stereocenters. The molecule has 5 heteroatoms. The van der Waals surface area contributed by atoms with E-state index in [1.807, 2.05) is 12.1 Å². The molecule has 1 fully saturated rings. The van der Waals surface area contributed by atoms with E-state index in [4.69, 9.17) is 23.2 Å². The zero-order valence-electron chi connectivity index (χ0n) is 12.8. The third-order valence-electron chi connectivity index (χ3n) is 4.80. The molecule has 0 saturated heterocycles. The Morgan fingerprint density at radius 3 is 2.64 bits per heavy atom. The van der Waals surface area contributed by atoms with E-state index in [0.29, 0.717) is 5.02 Å². The molecule has 1 aliphatic heterocycles. The highest BCUT2D eigenvalue weighted by molar-refractivity contribution is 6.35. The van der Waals surface area contributed by atoms with Crippen molar-refractivity contribution in [1.29, 1.82) is 0 Å². The zero-order chi connectivity index (χ0) is 15.4. The lowest BCUT2D eigenvalue weighted by atomic mass is 9.69. The van der Waals surface area contributed by atoms with Crippen molar-refractivity contribution < 1.29 is 0 Å². The Morgan fingerprint density at radius 2 is 1.95 bits per heavy atom. The molecule has 1 aromatic rings. The van der Waals surface area contributed by atoms with Gasteiger partial charge in [0.15, 0.2) is 5.96 Å². The van der Waals surface area contributed by atoms with Gasteiger partial charge >= 0.3 is 0 Å². The van der Waals surface area contributed by atoms with Crippen LogP contribution in [-0.4, -0.2) is 25.6 Å². The number of nitrogens with one attached hydrogen (secondary N) is 2. The second kappa shape index (κ2) is 7.10. The minimum Gasteiger partial charge on any atom is -0.356 e. The Bertz CT molecular complexity index is 551. The Labute approximate surface area is 142 Å². The molecule has 120 valence electrons. The third-order valence-corrected chi connectivity index (χ3v) is 5.35. The molecular weight excluding hydrogens is 317 g/mol. The van der Waals surface area contributed by atoms with Crippen molar-refractivity contribution in [1.82, 2.24) is 10.6 Å². The molecule has 0 aromatic heterocycles. The molecule has 0 spiro atoms. The largest absolute Gasteiger partial charge is 0.356 e. The third kappa shape index (κ3) is 3.52. The maximum absolute atomic E-state index is 6.52. The van der Waals surface area contributed by atoms with Gasteiger partial charge in [0.25, 0.3) is 0 Å². The summed E-state index contributed by atoms with van der Waals surface area (Å²) in [6, 6.07) is 5.93. The van der Waals surface area contributed by atoms with Gasteiger partial charge in [-0.25, -0.2) is 0 Å². The second-order valence-electron chi connectivity index (χ2n) is 6.33. The molecule has 1 aromatic carbocycles. The molecule has 0 amide bonds. The number of nitrogens with zero attached hydrogens (tertiary/aromatic N) is 1. The highest BCUT2D eigenvalue weighted by Gasteiger charge is 2.35. The minimum atomic E-state index is 0.0849. The summed E-state index contributed by atoms with van der Waals surface area (Å²) in [7, 11) is 0. The van der Waals surface area contributed by atoms with Crippen LogP contribution in [0.5, 0.6) is 0 Å². The standard InChI is InChI=1S/C17H23Cl2N3/c18-13-5-6-14(15(19)11-13)17(7-2-1-3-8-17)12-22-16-20-9-4-10-21-16/h5-6,11H,1-4,7-10,12H2,(H2,20,21,22). The predicted molar refractivity (Wildman–Crippen MR) is 94.1 cm³/mol. The number of aliphatic imine (C=N–C) groups is 1. The molecule has 1 saturated carbocycles. The van der Waals surface area contributed by atoms with E-state index in [1.165, 1.54) is 24.8 Å². The Balaban J connectivity index is 1.82. The summed E-state index contributed by atoms with van der Waals surface area (Å²) in [5, 5.41) is 8.34. The van der Waals surface area contributed by atoms with Crippen LogP contribution >= 0.6 is 23.2 Å². The van der Waals surface area contributed by atoms with Gasteiger partial charge in [-0.05, 0) is 37.0 Å². The lowest BCUT2D eigenvalue weighted by Crippen LogP contribution is -2.48. The SMILES string of the molecule is Clc1ccc(C2(CNC3=NCCCN3)CCCCC2)c(Cl)c1. The molecule has 0 bridgehead atoms. The van der Waals surface area contributed by atoms with Gasteiger partial charge in [0.2, 0.25) is 0 Å². The quantitative estimate of drug-likeness (QED) is 0.868. The number of hydrogen-bond donors (Lipinski definition) is 2. The fourth-order valence-corrected chi connectivity index (χ4v) is 4.20. The van der Waals surface area contributed by atoms with Crippen molar-refractivity contribution in [3.63, 3.8) is 0 Å². The van der Waals surface area contributed by atoms with E-state index >= 15 is 0 Å². The van der Waals surface area contributed by atoms with Gasteiger partial charge in [0, 0.05) is 35.1 Å². The lowest BCUT2D eigenvalue weighted by Gasteiger charge is -2.39. The van der Waals surface area contributed by atoms with Crippen molar-refractivity contribution in [2.45, 2.75) is 43.9 Å². The number of halogens is 2.